The smallest absolute Gasteiger partial charge is 0.317 e. The molecule has 138 valence electrons. The Kier molecular flexibility index (Phi) is 5.82. The van der Waals surface area contributed by atoms with Crippen molar-refractivity contribution in [1.82, 2.24) is 15.2 Å². The number of thiazole rings is 1. The highest BCUT2D eigenvalue weighted by Gasteiger charge is 2.29. The van der Waals surface area contributed by atoms with Gasteiger partial charge in [-0.3, -0.25) is 4.79 Å². The van der Waals surface area contributed by atoms with E-state index in [0.717, 1.165) is 18.4 Å². The number of piperidine rings is 1. The average Bonchev–Trinajstić information content (AvgIpc) is 3.15. The molecule has 0 aliphatic carbocycles. The molecule has 6 nitrogen and oxygen atoms in total. The monoisotopic (exact) mass is 376 g/mol. The fraction of sp³-hybridized carbons (Fsp3) is 0.389. The first-order valence-corrected chi connectivity index (χ1v) is 9.42. The van der Waals surface area contributed by atoms with Crippen molar-refractivity contribution < 1.29 is 14.0 Å². The summed E-state index contributed by atoms with van der Waals surface area (Å²) >= 11 is 1.37. The number of aromatic nitrogens is 1. The zero-order valence-electron chi connectivity index (χ0n) is 14.4. The van der Waals surface area contributed by atoms with Gasteiger partial charge in [0, 0.05) is 24.7 Å². The number of hydrogen-bond donors (Lipinski definition) is 2. The van der Waals surface area contributed by atoms with Crippen LogP contribution in [0.2, 0.25) is 0 Å². The molecule has 26 heavy (non-hydrogen) atoms. The van der Waals surface area contributed by atoms with Crippen molar-refractivity contribution in [3.05, 3.63) is 47.2 Å². The summed E-state index contributed by atoms with van der Waals surface area (Å²) in [7, 11) is 0. The highest BCUT2D eigenvalue weighted by Crippen LogP contribution is 2.21. The Labute approximate surface area is 155 Å². The summed E-state index contributed by atoms with van der Waals surface area (Å²) in [5.41, 5.74) is 0.829. The number of benzene rings is 1. The average molecular weight is 376 g/mol. The predicted octanol–water partition coefficient (Wildman–Crippen LogP) is 3.40. The summed E-state index contributed by atoms with van der Waals surface area (Å²) < 4.78 is 13.0. The van der Waals surface area contributed by atoms with Gasteiger partial charge in [-0.25, -0.2) is 14.2 Å². The van der Waals surface area contributed by atoms with Crippen LogP contribution in [0.25, 0.3) is 0 Å². The van der Waals surface area contributed by atoms with Crippen LogP contribution in [0.1, 0.15) is 31.4 Å². The number of anilines is 1. The zero-order valence-corrected chi connectivity index (χ0v) is 15.3. The maximum atomic E-state index is 13.0. The van der Waals surface area contributed by atoms with Crippen LogP contribution in [-0.2, 0) is 4.79 Å². The van der Waals surface area contributed by atoms with Crippen LogP contribution in [0.5, 0.6) is 0 Å². The normalized spacial score (nSPS) is 18.2. The molecule has 8 heteroatoms. The molecule has 2 unspecified atom stereocenters. The van der Waals surface area contributed by atoms with Crippen LogP contribution >= 0.6 is 11.3 Å². The first-order chi connectivity index (χ1) is 12.5. The molecular formula is C18H21FN4O2S. The summed E-state index contributed by atoms with van der Waals surface area (Å²) in [5.74, 6) is -0.666. The molecule has 0 bridgehead atoms. The van der Waals surface area contributed by atoms with E-state index in [1.165, 1.54) is 23.5 Å². The van der Waals surface area contributed by atoms with Crippen molar-refractivity contribution in [2.75, 3.05) is 18.4 Å². The fourth-order valence-electron chi connectivity index (χ4n) is 2.98. The lowest BCUT2D eigenvalue weighted by Crippen LogP contribution is -2.48. The molecule has 2 atom stereocenters. The van der Waals surface area contributed by atoms with E-state index in [1.807, 2.05) is 6.92 Å². The van der Waals surface area contributed by atoms with Crippen molar-refractivity contribution in [1.29, 1.82) is 0 Å². The third kappa shape index (κ3) is 4.57. The third-order valence-corrected chi connectivity index (χ3v) is 5.14. The number of rotatable bonds is 4. The molecule has 0 radical (unpaired) electrons. The molecule has 1 aliphatic heterocycles. The Balaban J connectivity index is 1.55. The lowest BCUT2D eigenvalue weighted by Gasteiger charge is -2.32. The van der Waals surface area contributed by atoms with Gasteiger partial charge in [0.15, 0.2) is 5.13 Å². The molecule has 3 amide bonds. The number of carbonyl (C=O) groups is 2. The summed E-state index contributed by atoms with van der Waals surface area (Å²) in [6.45, 7) is 2.84. The minimum atomic E-state index is -0.308. The van der Waals surface area contributed by atoms with Crippen molar-refractivity contribution >= 4 is 28.4 Å². The van der Waals surface area contributed by atoms with Gasteiger partial charge >= 0.3 is 6.03 Å². The van der Waals surface area contributed by atoms with Crippen molar-refractivity contribution in [2.24, 2.45) is 5.92 Å². The molecular weight excluding hydrogens is 355 g/mol. The lowest BCUT2D eigenvalue weighted by atomic mass is 9.97. The van der Waals surface area contributed by atoms with Crippen LogP contribution in [0, 0.1) is 11.7 Å². The topological polar surface area (TPSA) is 74.3 Å². The SMILES string of the molecule is CC(NC(=O)N1CCCC(C(=O)Nc2nccs2)C1)c1ccc(F)cc1. The van der Waals surface area contributed by atoms with Crippen LogP contribution in [0.4, 0.5) is 14.3 Å². The maximum Gasteiger partial charge on any atom is 0.317 e. The molecule has 1 saturated heterocycles. The molecule has 1 aromatic heterocycles. The van der Waals surface area contributed by atoms with Gasteiger partial charge in [0.1, 0.15) is 5.82 Å². The molecule has 2 N–H and O–H groups in total. The van der Waals surface area contributed by atoms with Gasteiger partial charge in [0.05, 0.1) is 12.0 Å². The predicted molar refractivity (Wildman–Crippen MR) is 98.4 cm³/mol. The van der Waals surface area contributed by atoms with Crippen molar-refractivity contribution in [2.45, 2.75) is 25.8 Å². The second kappa shape index (κ2) is 8.27. The van der Waals surface area contributed by atoms with Crippen LogP contribution in [0.3, 0.4) is 0 Å². The summed E-state index contributed by atoms with van der Waals surface area (Å²) in [6, 6.07) is 5.60. The van der Waals surface area contributed by atoms with E-state index < -0.39 is 0 Å². The number of amides is 3. The number of likely N-dealkylation sites (tertiary alicyclic amines) is 1. The largest absolute Gasteiger partial charge is 0.331 e. The van der Waals surface area contributed by atoms with Gasteiger partial charge in [-0.15, -0.1) is 11.3 Å². The van der Waals surface area contributed by atoms with E-state index in [1.54, 1.807) is 28.6 Å². The number of urea groups is 1. The first kappa shape index (κ1) is 18.3. The van der Waals surface area contributed by atoms with Crippen molar-refractivity contribution in [3.63, 3.8) is 0 Å². The van der Waals surface area contributed by atoms with Gasteiger partial charge < -0.3 is 15.5 Å². The minimum absolute atomic E-state index is 0.107. The third-order valence-electron chi connectivity index (χ3n) is 4.45. The number of halogens is 1. The van der Waals surface area contributed by atoms with Gasteiger partial charge in [0.2, 0.25) is 5.91 Å². The molecule has 0 saturated carbocycles. The summed E-state index contributed by atoms with van der Waals surface area (Å²) in [5, 5.41) is 8.08. The van der Waals surface area contributed by atoms with E-state index in [2.05, 4.69) is 15.6 Å². The zero-order chi connectivity index (χ0) is 18.5. The van der Waals surface area contributed by atoms with Gasteiger partial charge in [-0.1, -0.05) is 12.1 Å². The Morgan fingerprint density at radius 1 is 1.35 bits per heavy atom. The van der Waals surface area contributed by atoms with Gasteiger partial charge in [0.25, 0.3) is 0 Å². The molecule has 1 fully saturated rings. The van der Waals surface area contributed by atoms with E-state index in [0.29, 0.717) is 18.2 Å². The quantitative estimate of drug-likeness (QED) is 0.859. The molecule has 3 rings (SSSR count). The summed E-state index contributed by atoms with van der Waals surface area (Å²) in [4.78, 5) is 30.6. The maximum absolute atomic E-state index is 13.0. The Morgan fingerprint density at radius 2 is 2.12 bits per heavy atom. The molecule has 0 spiro atoms. The first-order valence-electron chi connectivity index (χ1n) is 8.54. The molecule has 1 aromatic carbocycles. The number of hydrogen-bond acceptors (Lipinski definition) is 4. The van der Waals surface area contributed by atoms with E-state index in [4.69, 9.17) is 0 Å². The van der Waals surface area contributed by atoms with Crippen molar-refractivity contribution in [3.8, 4) is 0 Å². The second-order valence-electron chi connectivity index (χ2n) is 6.33. The molecule has 1 aliphatic rings. The minimum Gasteiger partial charge on any atom is -0.331 e. The number of nitrogens with one attached hydrogen (secondary N) is 2. The second-order valence-corrected chi connectivity index (χ2v) is 7.23. The van der Waals surface area contributed by atoms with E-state index in [-0.39, 0.29) is 29.7 Å². The van der Waals surface area contributed by atoms with Gasteiger partial charge in [-0.2, -0.15) is 0 Å². The fourth-order valence-corrected chi connectivity index (χ4v) is 3.51. The Hall–Kier alpha value is -2.48. The highest BCUT2D eigenvalue weighted by molar-refractivity contribution is 7.13. The standard InChI is InChI=1S/C18H21FN4O2S/c1-12(13-4-6-15(19)7-5-13)21-18(25)23-9-2-3-14(11-23)16(24)22-17-20-8-10-26-17/h4-8,10,12,14H,2-3,9,11H2,1H3,(H,21,25)(H,20,22,24). The summed E-state index contributed by atoms with van der Waals surface area (Å²) in [6.07, 6.45) is 3.15. The van der Waals surface area contributed by atoms with Crippen LogP contribution in [-0.4, -0.2) is 34.9 Å². The Bertz CT molecular complexity index is 751. The molecule has 2 heterocycles. The van der Waals surface area contributed by atoms with Crippen LogP contribution < -0.4 is 10.6 Å². The highest BCUT2D eigenvalue weighted by atomic mass is 32.1. The number of nitrogens with zero attached hydrogens (tertiary/aromatic N) is 2. The van der Waals surface area contributed by atoms with Crippen LogP contribution in [0.15, 0.2) is 35.8 Å². The van der Waals surface area contributed by atoms with E-state index >= 15 is 0 Å². The molecule has 2 aromatic rings. The lowest BCUT2D eigenvalue weighted by molar-refractivity contribution is -0.121. The Morgan fingerprint density at radius 3 is 2.81 bits per heavy atom. The van der Waals surface area contributed by atoms with E-state index in [9.17, 15) is 14.0 Å². The van der Waals surface area contributed by atoms with Gasteiger partial charge in [-0.05, 0) is 37.5 Å². The number of carbonyl (C=O) groups excluding carboxylic acids is 2.